The average molecular weight is 168 g/mol. The van der Waals surface area contributed by atoms with Gasteiger partial charge in [0.05, 0.1) is 0 Å². The van der Waals surface area contributed by atoms with E-state index < -0.39 is 6.67 Å². The molecule has 0 bridgehead atoms. The molecule has 1 rings (SSSR count). The van der Waals surface area contributed by atoms with Crippen LogP contribution in [0.1, 0.15) is 12.5 Å². The molecule has 0 aliphatic carbocycles. The van der Waals surface area contributed by atoms with Crippen LogP contribution in [0.5, 0.6) is 5.75 Å². The first-order chi connectivity index (χ1) is 5.72. The molecule has 0 fully saturated rings. The highest BCUT2D eigenvalue weighted by atomic mass is 19.1. The van der Waals surface area contributed by atoms with Gasteiger partial charge in [0.15, 0.2) is 0 Å². The molecule has 0 aliphatic rings. The predicted molar refractivity (Wildman–Crippen MR) is 47.2 cm³/mol. The Labute approximate surface area is 72.2 Å². The molecule has 1 atom stereocenters. The Morgan fingerprint density at radius 2 is 1.92 bits per heavy atom. The van der Waals surface area contributed by atoms with E-state index in [1.165, 1.54) is 5.56 Å². The number of benzene rings is 1. The van der Waals surface area contributed by atoms with E-state index in [-0.39, 0.29) is 6.10 Å². The standard InChI is InChI=1S/C10H13FO/c1-8-3-5-10(6-4-8)12-9(2)7-11/h3-6,9H,7H2,1-2H3. The molecule has 12 heavy (non-hydrogen) atoms. The molecule has 0 amide bonds. The zero-order valence-electron chi connectivity index (χ0n) is 7.38. The summed E-state index contributed by atoms with van der Waals surface area (Å²) < 4.78 is 17.3. The molecule has 1 nitrogen and oxygen atoms in total. The van der Waals surface area contributed by atoms with E-state index in [9.17, 15) is 4.39 Å². The molecule has 0 radical (unpaired) electrons. The van der Waals surface area contributed by atoms with Crippen molar-refractivity contribution in [1.29, 1.82) is 0 Å². The number of rotatable bonds is 3. The molecule has 1 aromatic rings. The molecule has 0 saturated heterocycles. The summed E-state index contributed by atoms with van der Waals surface area (Å²) in [7, 11) is 0. The van der Waals surface area contributed by atoms with Crippen LogP contribution in [0.2, 0.25) is 0 Å². The summed E-state index contributed by atoms with van der Waals surface area (Å²) in [6.45, 7) is 3.26. The van der Waals surface area contributed by atoms with Crippen LogP contribution in [-0.2, 0) is 0 Å². The monoisotopic (exact) mass is 168 g/mol. The van der Waals surface area contributed by atoms with Crippen molar-refractivity contribution in [3.05, 3.63) is 29.8 Å². The van der Waals surface area contributed by atoms with Gasteiger partial charge in [0.2, 0.25) is 0 Å². The summed E-state index contributed by atoms with van der Waals surface area (Å²) in [5, 5.41) is 0. The van der Waals surface area contributed by atoms with Crippen molar-refractivity contribution in [3.63, 3.8) is 0 Å². The summed E-state index contributed by atoms with van der Waals surface area (Å²) >= 11 is 0. The van der Waals surface area contributed by atoms with Crippen molar-refractivity contribution < 1.29 is 9.13 Å². The Morgan fingerprint density at radius 3 is 2.42 bits per heavy atom. The maximum absolute atomic E-state index is 12.0. The summed E-state index contributed by atoms with van der Waals surface area (Å²) in [6, 6.07) is 7.59. The third kappa shape index (κ3) is 2.53. The van der Waals surface area contributed by atoms with Gasteiger partial charge in [-0.1, -0.05) is 17.7 Å². The SMILES string of the molecule is Cc1ccc(OC(C)CF)cc1. The van der Waals surface area contributed by atoms with Crippen LogP contribution >= 0.6 is 0 Å². The lowest BCUT2D eigenvalue weighted by Gasteiger charge is -2.10. The maximum atomic E-state index is 12.0. The van der Waals surface area contributed by atoms with E-state index in [1.54, 1.807) is 6.92 Å². The van der Waals surface area contributed by atoms with E-state index in [1.807, 2.05) is 31.2 Å². The lowest BCUT2D eigenvalue weighted by Crippen LogP contribution is -2.13. The predicted octanol–water partition coefficient (Wildman–Crippen LogP) is 2.73. The van der Waals surface area contributed by atoms with Gasteiger partial charge in [0.1, 0.15) is 18.5 Å². The number of hydrogen-bond donors (Lipinski definition) is 0. The zero-order valence-corrected chi connectivity index (χ0v) is 7.38. The minimum absolute atomic E-state index is 0.354. The first-order valence-electron chi connectivity index (χ1n) is 4.01. The summed E-state index contributed by atoms with van der Waals surface area (Å²) in [4.78, 5) is 0. The molecular formula is C10H13FO. The van der Waals surface area contributed by atoms with Crippen LogP contribution in [0.4, 0.5) is 4.39 Å². The molecule has 1 aromatic carbocycles. The lowest BCUT2D eigenvalue weighted by atomic mass is 10.2. The van der Waals surface area contributed by atoms with E-state index in [4.69, 9.17) is 4.74 Å². The molecular weight excluding hydrogens is 155 g/mol. The van der Waals surface area contributed by atoms with Gasteiger partial charge in [0, 0.05) is 0 Å². The first kappa shape index (κ1) is 9.04. The fourth-order valence-electron chi connectivity index (χ4n) is 0.881. The Hall–Kier alpha value is -1.05. The van der Waals surface area contributed by atoms with Crippen molar-refractivity contribution >= 4 is 0 Å². The second-order valence-electron chi connectivity index (χ2n) is 2.90. The second kappa shape index (κ2) is 4.10. The fourth-order valence-corrected chi connectivity index (χ4v) is 0.881. The number of aryl methyl sites for hydroxylation is 1. The summed E-state index contributed by atoms with van der Waals surface area (Å²) in [5.74, 6) is 0.728. The number of alkyl halides is 1. The highest BCUT2D eigenvalue weighted by Gasteiger charge is 2.01. The van der Waals surface area contributed by atoms with Crippen molar-refractivity contribution in [2.75, 3.05) is 6.67 Å². The van der Waals surface area contributed by atoms with Crippen molar-refractivity contribution in [2.24, 2.45) is 0 Å². The van der Waals surface area contributed by atoms with Crippen LogP contribution in [-0.4, -0.2) is 12.8 Å². The van der Waals surface area contributed by atoms with E-state index in [0.717, 1.165) is 5.75 Å². The highest BCUT2D eigenvalue weighted by Crippen LogP contribution is 2.13. The van der Waals surface area contributed by atoms with Gasteiger partial charge in [-0.3, -0.25) is 0 Å². The van der Waals surface area contributed by atoms with Gasteiger partial charge in [-0.05, 0) is 26.0 Å². The van der Waals surface area contributed by atoms with Crippen molar-refractivity contribution in [2.45, 2.75) is 20.0 Å². The largest absolute Gasteiger partial charge is 0.488 e. The quantitative estimate of drug-likeness (QED) is 0.674. The summed E-state index contributed by atoms with van der Waals surface area (Å²) in [6.07, 6.45) is -0.354. The topological polar surface area (TPSA) is 9.23 Å². The number of halogens is 1. The first-order valence-corrected chi connectivity index (χ1v) is 4.01. The molecule has 0 saturated carbocycles. The molecule has 0 heterocycles. The Balaban J connectivity index is 2.58. The van der Waals surface area contributed by atoms with Crippen LogP contribution < -0.4 is 4.74 Å². The molecule has 0 aromatic heterocycles. The minimum atomic E-state index is -0.451. The molecule has 0 spiro atoms. The van der Waals surface area contributed by atoms with Crippen molar-refractivity contribution in [3.8, 4) is 5.75 Å². The number of ether oxygens (including phenoxy) is 1. The second-order valence-corrected chi connectivity index (χ2v) is 2.90. The molecule has 2 heteroatoms. The molecule has 66 valence electrons. The average Bonchev–Trinajstić information content (AvgIpc) is 2.09. The zero-order chi connectivity index (χ0) is 8.97. The lowest BCUT2D eigenvalue weighted by molar-refractivity contribution is 0.182. The van der Waals surface area contributed by atoms with Crippen molar-refractivity contribution in [1.82, 2.24) is 0 Å². The smallest absolute Gasteiger partial charge is 0.126 e. The summed E-state index contributed by atoms with van der Waals surface area (Å²) in [5.41, 5.74) is 1.18. The van der Waals surface area contributed by atoms with Crippen LogP contribution in [0.15, 0.2) is 24.3 Å². The fraction of sp³-hybridized carbons (Fsp3) is 0.400. The van der Waals surface area contributed by atoms with Gasteiger partial charge in [-0.25, -0.2) is 4.39 Å². The maximum Gasteiger partial charge on any atom is 0.126 e. The Kier molecular flexibility index (Phi) is 3.09. The number of hydrogen-bond acceptors (Lipinski definition) is 1. The molecule has 0 aliphatic heterocycles. The molecule has 0 N–H and O–H groups in total. The van der Waals surface area contributed by atoms with E-state index >= 15 is 0 Å². The van der Waals surface area contributed by atoms with E-state index in [0.29, 0.717) is 0 Å². The van der Waals surface area contributed by atoms with Gasteiger partial charge < -0.3 is 4.74 Å². The van der Waals surface area contributed by atoms with Gasteiger partial charge in [-0.2, -0.15) is 0 Å². The van der Waals surface area contributed by atoms with Gasteiger partial charge >= 0.3 is 0 Å². The Morgan fingerprint density at radius 1 is 1.33 bits per heavy atom. The minimum Gasteiger partial charge on any atom is -0.488 e. The normalized spacial score (nSPS) is 12.6. The van der Waals surface area contributed by atoms with Crippen LogP contribution in [0, 0.1) is 6.92 Å². The van der Waals surface area contributed by atoms with E-state index in [2.05, 4.69) is 0 Å². The van der Waals surface area contributed by atoms with Crippen LogP contribution in [0.3, 0.4) is 0 Å². The molecule has 1 unspecified atom stereocenters. The third-order valence-electron chi connectivity index (χ3n) is 1.58. The Bertz CT molecular complexity index is 230. The van der Waals surface area contributed by atoms with Gasteiger partial charge in [0.25, 0.3) is 0 Å². The highest BCUT2D eigenvalue weighted by molar-refractivity contribution is 5.26. The third-order valence-corrected chi connectivity index (χ3v) is 1.58. The van der Waals surface area contributed by atoms with Gasteiger partial charge in [-0.15, -0.1) is 0 Å². The van der Waals surface area contributed by atoms with Crippen LogP contribution in [0.25, 0.3) is 0 Å².